The molecule has 0 spiro atoms. The predicted molar refractivity (Wildman–Crippen MR) is 124 cm³/mol. The molecular formula is C27H29F6NO3. The van der Waals surface area contributed by atoms with Crippen molar-refractivity contribution >= 4 is 5.97 Å². The molecule has 1 aliphatic heterocycles. The Hall–Kier alpha value is -2.75. The van der Waals surface area contributed by atoms with E-state index in [4.69, 9.17) is 4.74 Å². The van der Waals surface area contributed by atoms with Crippen molar-refractivity contribution in [2.75, 3.05) is 13.1 Å². The van der Waals surface area contributed by atoms with Crippen LogP contribution in [0.1, 0.15) is 60.8 Å². The first-order valence-electron chi connectivity index (χ1n) is 12.3. The van der Waals surface area contributed by atoms with Crippen molar-refractivity contribution in [3.8, 4) is 5.75 Å². The number of benzene rings is 2. The van der Waals surface area contributed by atoms with Gasteiger partial charge in [0.25, 0.3) is 0 Å². The normalized spacial score (nSPS) is 20.9. The summed E-state index contributed by atoms with van der Waals surface area (Å²) in [4.78, 5) is 13.3. The Balaban J connectivity index is 1.48. The number of likely N-dealkylation sites (tertiary alicyclic amines) is 1. The van der Waals surface area contributed by atoms with Gasteiger partial charge in [-0.15, -0.1) is 0 Å². The zero-order chi connectivity index (χ0) is 27.0. The molecule has 4 nitrogen and oxygen atoms in total. The van der Waals surface area contributed by atoms with Gasteiger partial charge >= 0.3 is 18.3 Å². The number of aliphatic carboxylic acids is 1. The van der Waals surface area contributed by atoms with E-state index >= 15 is 0 Å². The zero-order valence-corrected chi connectivity index (χ0v) is 20.3. The lowest BCUT2D eigenvalue weighted by Gasteiger charge is -2.33. The molecular weight excluding hydrogens is 500 g/mol. The largest absolute Gasteiger partial charge is 0.489 e. The van der Waals surface area contributed by atoms with Crippen molar-refractivity contribution in [2.45, 2.75) is 63.5 Å². The maximum Gasteiger partial charge on any atom is 0.416 e. The molecule has 1 saturated heterocycles. The van der Waals surface area contributed by atoms with E-state index in [0.29, 0.717) is 49.3 Å². The van der Waals surface area contributed by atoms with Gasteiger partial charge < -0.3 is 9.84 Å². The Bertz CT molecular complexity index is 1110. The highest BCUT2D eigenvalue weighted by Gasteiger charge is 2.39. The molecule has 0 aromatic heterocycles. The van der Waals surface area contributed by atoms with Crippen molar-refractivity contribution in [3.63, 3.8) is 0 Å². The number of hydrogen-bond donors (Lipinski definition) is 1. The molecule has 2 fully saturated rings. The number of carboxylic acid groups (broad SMARTS) is 1. The van der Waals surface area contributed by atoms with Gasteiger partial charge in [-0.25, -0.2) is 0 Å². The smallest absolute Gasteiger partial charge is 0.416 e. The fourth-order valence-electron chi connectivity index (χ4n) is 5.24. The summed E-state index contributed by atoms with van der Waals surface area (Å²) in [6.45, 7) is 2.11. The van der Waals surface area contributed by atoms with Crippen LogP contribution < -0.4 is 4.74 Å². The Morgan fingerprint density at radius 3 is 2.41 bits per heavy atom. The first kappa shape index (κ1) is 27.3. The summed E-state index contributed by atoms with van der Waals surface area (Å²) < 4.78 is 86.2. The van der Waals surface area contributed by atoms with Gasteiger partial charge in [-0.05, 0) is 85.5 Å². The van der Waals surface area contributed by atoms with Gasteiger partial charge in [0.15, 0.2) is 0 Å². The number of carbonyl (C=O) groups is 1. The van der Waals surface area contributed by atoms with Crippen LogP contribution in [0.3, 0.4) is 0 Å². The van der Waals surface area contributed by atoms with Crippen molar-refractivity contribution in [1.82, 2.24) is 4.90 Å². The van der Waals surface area contributed by atoms with Crippen LogP contribution in [0.2, 0.25) is 0 Å². The molecule has 0 bridgehead atoms. The van der Waals surface area contributed by atoms with E-state index in [-0.39, 0.29) is 25.1 Å². The fraction of sp³-hybridized carbons (Fsp3) is 0.519. The average Bonchev–Trinajstić information content (AvgIpc) is 3.63. The van der Waals surface area contributed by atoms with E-state index in [1.165, 1.54) is 0 Å². The molecule has 1 N–H and O–H groups in total. The summed E-state index contributed by atoms with van der Waals surface area (Å²) >= 11 is 0. The Morgan fingerprint density at radius 1 is 1.05 bits per heavy atom. The topological polar surface area (TPSA) is 49.8 Å². The third-order valence-corrected chi connectivity index (χ3v) is 7.20. The second-order valence-corrected chi connectivity index (χ2v) is 10.0. The molecule has 202 valence electrons. The highest BCUT2D eigenvalue weighted by Crippen LogP contribution is 2.47. The molecule has 2 aliphatic rings. The summed E-state index contributed by atoms with van der Waals surface area (Å²) in [6, 6.07) is 8.81. The van der Waals surface area contributed by atoms with Crippen LogP contribution in [-0.2, 0) is 23.7 Å². The third-order valence-electron chi connectivity index (χ3n) is 7.20. The number of nitrogens with zero attached hydrogens (tertiary/aromatic N) is 1. The number of piperidine rings is 1. The maximum atomic E-state index is 13.5. The standard InChI is InChI=1S/C27H29F6NO3/c1-16(25(35)36)24(17-7-8-17)18-4-2-5-21(13-18)37-22-6-3-11-34(15-22)14-19-12-20(26(28,29)30)9-10-23(19)27(31,32)33/h2,4-5,9-10,12-13,16-17,22,24H,3,6-8,11,14-15H2,1H3,(H,35,36). The van der Waals surface area contributed by atoms with Crippen LogP contribution in [0.4, 0.5) is 26.3 Å². The third kappa shape index (κ3) is 6.77. The molecule has 2 aromatic rings. The fourth-order valence-corrected chi connectivity index (χ4v) is 5.24. The van der Waals surface area contributed by atoms with E-state index in [0.717, 1.165) is 18.4 Å². The number of ether oxygens (including phenoxy) is 1. The summed E-state index contributed by atoms with van der Waals surface area (Å²) in [5, 5.41) is 9.53. The lowest BCUT2D eigenvalue weighted by Crippen LogP contribution is -2.41. The quantitative estimate of drug-likeness (QED) is 0.375. The first-order valence-corrected chi connectivity index (χ1v) is 12.3. The number of hydrogen-bond acceptors (Lipinski definition) is 3. The lowest BCUT2D eigenvalue weighted by molar-refractivity contribution is -0.142. The minimum atomic E-state index is -4.77. The van der Waals surface area contributed by atoms with E-state index in [2.05, 4.69) is 0 Å². The molecule has 4 rings (SSSR count). The molecule has 1 heterocycles. The van der Waals surface area contributed by atoms with Gasteiger partial charge in [-0.3, -0.25) is 9.69 Å². The van der Waals surface area contributed by atoms with Gasteiger partial charge in [0.05, 0.1) is 17.0 Å². The second kappa shape index (κ2) is 10.6. The van der Waals surface area contributed by atoms with Crippen molar-refractivity contribution in [3.05, 3.63) is 64.7 Å². The Morgan fingerprint density at radius 2 is 1.78 bits per heavy atom. The number of carboxylic acids is 1. The lowest BCUT2D eigenvalue weighted by atomic mass is 9.83. The molecule has 3 atom stereocenters. The molecule has 3 unspecified atom stereocenters. The molecule has 37 heavy (non-hydrogen) atoms. The number of halogens is 6. The average molecular weight is 530 g/mol. The van der Waals surface area contributed by atoms with Gasteiger partial charge in [-0.1, -0.05) is 19.1 Å². The SMILES string of the molecule is CC(C(=O)O)C(c1cccc(OC2CCCN(Cc3cc(C(F)(F)F)ccc3C(F)(F)F)C2)c1)C1CC1. The van der Waals surface area contributed by atoms with E-state index in [9.17, 15) is 36.2 Å². The highest BCUT2D eigenvalue weighted by molar-refractivity contribution is 5.71. The van der Waals surface area contributed by atoms with Crippen LogP contribution in [-0.4, -0.2) is 35.2 Å². The Labute approximate surface area is 211 Å². The minimum absolute atomic E-state index is 0.134. The molecule has 1 saturated carbocycles. The number of alkyl halides is 6. The van der Waals surface area contributed by atoms with Gasteiger partial charge in [0.2, 0.25) is 0 Å². The van der Waals surface area contributed by atoms with Crippen LogP contribution in [0.5, 0.6) is 5.75 Å². The van der Waals surface area contributed by atoms with Crippen LogP contribution in [0.25, 0.3) is 0 Å². The molecule has 1 aliphatic carbocycles. The molecule has 0 amide bonds. The summed E-state index contributed by atoms with van der Waals surface area (Å²) in [5.41, 5.74) is -1.73. The van der Waals surface area contributed by atoms with Crippen molar-refractivity contribution in [1.29, 1.82) is 0 Å². The van der Waals surface area contributed by atoms with Crippen molar-refractivity contribution in [2.24, 2.45) is 11.8 Å². The Kier molecular flexibility index (Phi) is 7.78. The van der Waals surface area contributed by atoms with Crippen molar-refractivity contribution < 1.29 is 41.0 Å². The molecule has 2 aromatic carbocycles. The van der Waals surface area contributed by atoms with E-state index in [1.807, 2.05) is 12.1 Å². The maximum absolute atomic E-state index is 13.5. The first-order chi connectivity index (χ1) is 17.3. The predicted octanol–water partition coefficient (Wildman–Crippen LogP) is 6.98. The monoisotopic (exact) mass is 529 g/mol. The summed E-state index contributed by atoms with van der Waals surface area (Å²) in [6.07, 6.45) is -6.66. The van der Waals surface area contributed by atoms with Crippen LogP contribution in [0.15, 0.2) is 42.5 Å². The van der Waals surface area contributed by atoms with Crippen LogP contribution >= 0.6 is 0 Å². The molecule has 0 radical (unpaired) electrons. The van der Waals surface area contributed by atoms with Gasteiger partial charge in [0, 0.05) is 13.1 Å². The van der Waals surface area contributed by atoms with E-state index in [1.54, 1.807) is 24.0 Å². The van der Waals surface area contributed by atoms with Crippen LogP contribution in [0, 0.1) is 11.8 Å². The summed E-state index contributed by atoms with van der Waals surface area (Å²) in [5.74, 6) is -0.697. The van der Waals surface area contributed by atoms with Gasteiger partial charge in [0.1, 0.15) is 11.9 Å². The highest BCUT2D eigenvalue weighted by atomic mass is 19.4. The molecule has 10 heteroatoms. The van der Waals surface area contributed by atoms with E-state index < -0.39 is 40.9 Å². The van der Waals surface area contributed by atoms with Gasteiger partial charge in [-0.2, -0.15) is 26.3 Å². The minimum Gasteiger partial charge on any atom is -0.489 e. The summed E-state index contributed by atoms with van der Waals surface area (Å²) in [7, 11) is 0. The second-order valence-electron chi connectivity index (χ2n) is 10.0. The zero-order valence-electron chi connectivity index (χ0n) is 20.3. The number of rotatable bonds is 8.